The average Bonchev–Trinajstić information content (AvgIpc) is 3.30. The molecule has 7 nitrogen and oxygen atoms in total. The van der Waals surface area contributed by atoms with Gasteiger partial charge >= 0.3 is 0 Å². The van der Waals surface area contributed by atoms with Gasteiger partial charge in [0.1, 0.15) is 5.75 Å². The quantitative estimate of drug-likeness (QED) is 0.178. The molecular formula is C25H21Cl2N5O2S. The van der Waals surface area contributed by atoms with Gasteiger partial charge in [-0.1, -0.05) is 76.9 Å². The number of aromatic nitrogens is 3. The second-order valence-corrected chi connectivity index (χ2v) is 9.16. The average molecular weight is 526 g/mol. The van der Waals surface area contributed by atoms with Crippen molar-refractivity contribution >= 4 is 47.1 Å². The van der Waals surface area contributed by atoms with E-state index in [-0.39, 0.29) is 11.7 Å². The molecule has 0 radical (unpaired) electrons. The lowest BCUT2D eigenvalue weighted by molar-refractivity contribution is -0.118. The zero-order valence-corrected chi connectivity index (χ0v) is 21.2. The largest absolute Gasteiger partial charge is 0.497 e. The number of amides is 1. The van der Waals surface area contributed by atoms with Crippen LogP contribution in [0.3, 0.4) is 0 Å². The summed E-state index contributed by atoms with van der Waals surface area (Å²) in [5.41, 5.74) is 6.02. The van der Waals surface area contributed by atoms with Crippen molar-refractivity contribution in [3.8, 4) is 22.8 Å². The molecule has 0 saturated heterocycles. The Morgan fingerprint density at radius 2 is 1.83 bits per heavy atom. The van der Waals surface area contributed by atoms with E-state index >= 15 is 0 Å². The van der Waals surface area contributed by atoms with Crippen molar-refractivity contribution in [3.05, 3.63) is 87.9 Å². The maximum atomic E-state index is 12.4. The first-order valence-electron chi connectivity index (χ1n) is 10.5. The molecule has 1 aromatic heterocycles. The number of hydrogen-bond acceptors (Lipinski definition) is 6. The molecule has 10 heteroatoms. The van der Waals surface area contributed by atoms with Crippen LogP contribution in [-0.2, 0) is 4.79 Å². The summed E-state index contributed by atoms with van der Waals surface area (Å²) in [4.78, 5) is 12.4. The molecule has 178 valence electrons. The van der Waals surface area contributed by atoms with E-state index < -0.39 is 0 Å². The molecule has 0 bridgehead atoms. The number of methoxy groups -OCH3 is 1. The summed E-state index contributed by atoms with van der Waals surface area (Å²) in [6.07, 6.45) is 1.45. The Hall–Kier alpha value is -3.33. The number of thioether (sulfide) groups is 1. The molecule has 0 aliphatic heterocycles. The summed E-state index contributed by atoms with van der Waals surface area (Å²) in [6, 6.07) is 20.8. The highest BCUT2D eigenvalue weighted by Crippen LogP contribution is 2.29. The standard InChI is InChI=1S/C25H21Cl2N5O2S/c1-16-6-8-17(9-7-16)24-30-31-25(32(24)19-10-12-20(34-2)13-11-19)35-15-22(33)29-28-14-18-4-3-5-21(26)23(18)27/h3-14H,15H2,1-2H3,(H,29,33)/b28-14+. The summed E-state index contributed by atoms with van der Waals surface area (Å²) < 4.78 is 7.19. The Bertz CT molecular complexity index is 1360. The first-order chi connectivity index (χ1) is 17.0. The van der Waals surface area contributed by atoms with Crippen LogP contribution in [0, 0.1) is 6.92 Å². The molecule has 35 heavy (non-hydrogen) atoms. The summed E-state index contributed by atoms with van der Waals surface area (Å²) >= 11 is 13.4. The molecule has 0 aliphatic rings. The molecule has 1 amide bonds. The number of halogens is 2. The van der Waals surface area contributed by atoms with Crippen molar-refractivity contribution in [3.63, 3.8) is 0 Å². The number of rotatable bonds is 8. The van der Waals surface area contributed by atoms with Gasteiger partial charge in [0.05, 0.1) is 29.1 Å². The van der Waals surface area contributed by atoms with Crippen LogP contribution in [-0.4, -0.2) is 39.7 Å². The van der Waals surface area contributed by atoms with Gasteiger partial charge in [-0.05, 0) is 37.3 Å². The van der Waals surface area contributed by atoms with Crippen LogP contribution < -0.4 is 10.2 Å². The first kappa shape index (κ1) is 24.8. The monoisotopic (exact) mass is 525 g/mol. The van der Waals surface area contributed by atoms with E-state index in [1.807, 2.05) is 60.0 Å². The lowest BCUT2D eigenvalue weighted by Gasteiger charge is -2.11. The van der Waals surface area contributed by atoms with Crippen molar-refractivity contribution in [2.75, 3.05) is 12.9 Å². The van der Waals surface area contributed by atoms with Gasteiger partial charge in [-0.15, -0.1) is 10.2 Å². The maximum Gasteiger partial charge on any atom is 0.250 e. The maximum absolute atomic E-state index is 12.4. The van der Waals surface area contributed by atoms with Gasteiger partial charge in [0.25, 0.3) is 5.91 Å². The molecule has 0 saturated carbocycles. The number of benzene rings is 3. The zero-order chi connectivity index (χ0) is 24.8. The molecule has 0 spiro atoms. The molecule has 0 aliphatic carbocycles. The van der Waals surface area contributed by atoms with E-state index in [0.29, 0.717) is 26.6 Å². The molecule has 0 unspecified atom stereocenters. The number of nitrogens with zero attached hydrogens (tertiary/aromatic N) is 4. The first-order valence-corrected chi connectivity index (χ1v) is 12.3. The van der Waals surface area contributed by atoms with Gasteiger partial charge in [0, 0.05) is 16.8 Å². The fourth-order valence-corrected chi connectivity index (χ4v) is 4.27. The molecule has 1 N–H and O–H groups in total. The van der Waals surface area contributed by atoms with Crippen LogP contribution in [0.15, 0.2) is 77.0 Å². The van der Waals surface area contributed by atoms with Crippen LogP contribution in [0.2, 0.25) is 10.0 Å². The fraction of sp³-hybridized carbons (Fsp3) is 0.120. The third kappa shape index (κ3) is 6.03. The van der Waals surface area contributed by atoms with Crippen molar-refractivity contribution in [1.29, 1.82) is 0 Å². The Morgan fingerprint density at radius 1 is 1.09 bits per heavy atom. The van der Waals surface area contributed by atoms with E-state index in [9.17, 15) is 4.79 Å². The second-order valence-electron chi connectivity index (χ2n) is 7.43. The summed E-state index contributed by atoms with van der Waals surface area (Å²) in [7, 11) is 1.62. The highest BCUT2D eigenvalue weighted by Gasteiger charge is 2.17. The highest BCUT2D eigenvalue weighted by atomic mass is 35.5. The predicted octanol–water partition coefficient (Wildman–Crippen LogP) is 5.80. The van der Waals surface area contributed by atoms with Crippen molar-refractivity contribution in [1.82, 2.24) is 20.2 Å². The minimum Gasteiger partial charge on any atom is -0.497 e. The summed E-state index contributed by atoms with van der Waals surface area (Å²) in [5, 5.41) is 14.1. The van der Waals surface area contributed by atoms with Gasteiger partial charge in [-0.3, -0.25) is 9.36 Å². The molecule has 0 atom stereocenters. The van der Waals surface area contributed by atoms with Gasteiger partial charge in [-0.2, -0.15) is 5.10 Å². The third-order valence-electron chi connectivity index (χ3n) is 4.98. The molecule has 4 aromatic rings. The molecular weight excluding hydrogens is 505 g/mol. The smallest absolute Gasteiger partial charge is 0.250 e. The number of carbonyl (C=O) groups is 1. The zero-order valence-electron chi connectivity index (χ0n) is 18.9. The predicted molar refractivity (Wildman–Crippen MR) is 141 cm³/mol. The van der Waals surface area contributed by atoms with Crippen LogP contribution in [0.25, 0.3) is 17.1 Å². The summed E-state index contributed by atoms with van der Waals surface area (Å²) in [5.74, 6) is 1.20. The second kappa shape index (κ2) is 11.4. The Labute approximate surface area is 217 Å². The third-order valence-corrected chi connectivity index (χ3v) is 6.74. The van der Waals surface area contributed by atoms with Crippen molar-refractivity contribution in [2.24, 2.45) is 5.10 Å². The minimum absolute atomic E-state index is 0.0861. The number of hydrogen-bond donors (Lipinski definition) is 1. The molecule has 4 rings (SSSR count). The van der Waals surface area contributed by atoms with Gasteiger partial charge in [0.15, 0.2) is 11.0 Å². The minimum atomic E-state index is -0.300. The lowest BCUT2D eigenvalue weighted by atomic mass is 10.1. The van der Waals surface area contributed by atoms with Crippen molar-refractivity contribution < 1.29 is 9.53 Å². The van der Waals surface area contributed by atoms with Gasteiger partial charge in [-0.25, -0.2) is 5.43 Å². The SMILES string of the molecule is COc1ccc(-n2c(SCC(=O)N/N=C/c3cccc(Cl)c3Cl)nnc2-c2ccc(C)cc2)cc1. The Morgan fingerprint density at radius 3 is 2.54 bits per heavy atom. The van der Waals surface area contributed by atoms with Crippen LogP contribution in [0.1, 0.15) is 11.1 Å². The van der Waals surface area contributed by atoms with E-state index in [4.69, 9.17) is 27.9 Å². The lowest BCUT2D eigenvalue weighted by Crippen LogP contribution is -2.20. The van der Waals surface area contributed by atoms with Crippen LogP contribution in [0.5, 0.6) is 5.75 Å². The Kier molecular flexibility index (Phi) is 8.07. The fourth-order valence-electron chi connectivity index (χ4n) is 3.17. The van der Waals surface area contributed by atoms with Crippen molar-refractivity contribution in [2.45, 2.75) is 12.1 Å². The summed E-state index contributed by atoms with van der Waals surface area (Å²) in [6.45, 7) is 2.03. The van der Waals surface area contributed by atoms with Gasteiger partial charge < -0.3 is 4.74 Å². The highest BCUT2D eigenvalue weighted by molar-refractivity contribution is 7.99. The molecule has 3 aromatic carbocycles. The topological polar surface area (TPSA) is 81.4 Å². The number of hydrazone groups is 1. The van der Waals surface area contributed by atoms with Crippen LogP contribution >= 0.6 is 35.0 Å². The van der Waals surface area contributed by atoms with Crippen LogP contribution in [0.4, 0.5) is 0 Å². The molecule has 1 heterocycles. The number of nitrogens with one attached hydrogen (secondary N) is 1. The number of aryl methyl sites for hydroxylation is 1. The molecule has 0 fully saturated rings. The van der Waals surface area contributed by atoms with E-state index in [0.717, 1.165) is 22.6 Å². The van der Waals surface area contributed by atoms with Gasteiger partial charge in [0.2, 0.25) is 0 Å². The Balaban J connectivity index is 1.52. The van der Waals surface area contributed by atoms with E-state index in [1.165, 1.54) is 18.0 Å². The normalized spacial score (nSPS) is 11.1. The number of carbonyl (C=O) groups excluding carboxylic acids is 1. The van der Waals surface area contributed by atoms with E-state index in [2.05, 4.69) is 20.7 Å². The number of ether oxygens (including phenoxy) is 1. The van der Waals surface area contributed by atoms with E-state index in [1.54, 1.807) is 25.3 Å².